The van der Waals surface area contributed by atoms with Crippen LogP contribution in [0.3, 0.4) is 0 Å². The Morgan fingerprint density at radius 1 is 1.22 bits per heavy atom. The molecule has 1 aromatic heterocycles. The van der Waals surface area contributed by atoms with Crippen molar-refractivity contribution in [3.8, 4) is 0 Å². The van der Waals surface area contributed by atoms with E-state index in [-0.39, 0.29) is 18.6 Å². The Morgan fingerprint density at radius 3 is 2.57 bits per heavy atom. The zero-order valence-corrected chi connectivity index (χ0v) is 14.5. The fourth-order valence-electron chi connectivity index (χ4n) is 3.12. The zero-order chi connectivity index (χ0) is 16.3. The van der Waals surface area contributed by atoms with E-state index in [1.165, 1.54) is 0 Å². The first-order chi connectivity index (χ1) is 11.2. The summed E-state index contributed by atoms with van der Waals surface area (Å²) in [6, 6.07) is 7.87. The van der Waals surface area contributed by atoms with Gasteiger partial charge in [0.15, 0.2) is 5.13 Å². The van der Waals surface area contributed by atoms with Crippen molar-refractivity contribution in [3.63, 3.8) is 0 Å². The lowest BCUT2D eigenvalue weighted by atomic mass is 9.74. The van der Waals surface area contributed by atoms with Crippen LogP contribution in [0, 0.1) is 5.41 Å². The molecule has 0 bridgehead atoms. The van der Waals surface area contributed by atoms with Gasteiger partial charge in [0.2, 0.25) is 0 Å². The van der Waals surface area contributed by atoms with Crippen molar-refractivity contribution >= 4 is 28.1 Å². The third-order valence-corrected chi connectivity index (χ3v) is 5.97. The van der Waals surface area contributed by atoms with E-state index in [1.807, 2.05) is 29.6 Å². The molecule has 6 heteroatoms. The number of halogens is 1. The summed E-state index contributed by atoms with van der Waals surface area (Å²) in [4.78, 5) is 6.68. The first-order valence-corrected chi connectivity index (χ1v) is 9.06. The highest BCUT2D eigenvalue weighted by Gasteiger charge is 2.35. The molecule has 1 saturated heterocycles. The van der Waals surface area contributed by atoms with Gasteiger partial charge in [0.05, 0.1) is 12.3 Å². The Morgan fingerprint density at radius 2 is 1.96 bits per heavy atom. The van der Waals surface area contributed by atoms with Gasteiger partial charge >= 0.3 is 0 Å². The van der Waals surface area contributed by atoms with E-state index in [0.717, 1.165) is 53.8 Å². The molecule has 124 valence electrons. The molecule has 1 aliphatic heterocycles. The number of hydrogen-bond donors (Lipinski definition) is 2. The van der Waals surface area contributed by atoms with Gasteiger partial charge in [-0.1, -0.05) is 29.8 Å². The number of anilines is 1. The molecule has 0 unspecified atom stereocenters. The molecule has 0 spiro atoms. The smallest absolute Gasteiger partial charge is 0.185 e. The highest BCUT2D eigenvalue weighted by molar-refractivity contribution is 7.13. The van der Waals surface area contributed by atoms with E-state index in [2.05, 4.69) is 9.88 Å². The van der Waals surface area contributed by atoms with Gasteiger partial charge in [0.1, 0.15) is 0 Å². The van der Waals surface area contributed by atoms with Gasteiger partial charge in [0.25, 0.3) is 0 Å². The largest absolute Gasteiger partial charge is 0.396 e. The van der Waals surface area contributed by atoms with Crippen molar-refractivity contribution in [1.82, 2.24) is 4.98 Å². The van der Waals surface area contributed by atoms with E-state index in [9.17, 15) is 5.11 Å². The number of aliphatic hydroxyl groups excluding tert-OH is 2. The SMILES string of the molecule is OCc1csc(N2CCC(CO)(Cc3ccccc3Cl)CC2)n1. The summed E-state index contributed by atoms with van der Waals surface area (Å²) in [5.41, 5.74) is 1.71. The number of benzene rings is 1. The van der Waals surface area contributed by atoms with Crippen LogP contribution in [0.2, 0.25) is 5.02 Å². The van der Waals surface area contributed by atoms with Gasteiger partial charge in [-0.3, -0.25) is 0 Å². The molecule has 1 fully saturated rings. The lowest BCUT2D eigenvalue weighted by Gasteiger charge is -2.41. The molecule has 23 heavy (non-hydrogen) atoms. The van der Waals surface area contributed by atoms with Gasteiger partial charge in [-0.05, 0) is 30.9 Å². The number of aliphatic hydroxyl groups is 2. The summed E-state index contributed by atoms with van der Waals surface area (Å²) in [7, 11) is 0. The lowest BCUT2D eigenvalue weighted by Crippen LogP contribution is -2.43. The molecule has 0 saturated carbocycles. The minimum absolute atomic E-state index is 0.0164. The first kappa shape index (κ1) is 16.7. The van der Waals surface area contributed by atoms with Gasteiger partial charge in [-0.2, -0.15) is 0 Å². The maximum absolute atomic E-state index is 9.99. The van der Waals surface area contributed by atoms with Crippen molar-refractivity contribution in [3.05, 3.63) is 45.9 Å². The predicted octanol–water partition coefficient (Wildman–Crippen LogP) is 3.11. The van der Waals surface area contributed by atoms with Crippen LogP contribution in [0.1, 0.15) is 24.1 Å². The molecule has 3 rings (SSSR count). The first-order valence-electron chi connectivity index (χ1n) is 7.80. The molecule has 0 radical (unpaired) electrons. The number of rotatable bonds is 5. The number of thiazole rings is 1. The summed E-state index contributed by atoms with van der Waals surface area (Å²) in [5, 5.41) is 22.8. The highest BCUT2D eigenvalue weighted by atomic mass is 35.5. The van der Waals surface area contributed by atoms with Crippen molar-refractivity contribution in [1.29, 1.82) is 0 Å². The van der Waals surface area contributed by atoms with Crippen LogP contribution in [-0.2, 0) is 13.0 Å². The Labute approximate surface area is 145 Å². The minimum atomic E-state index is -0.113. The Balaban J connectivity index is 1.68. The van der Waals surface area contributed by atoms with Crippen molar-refractivity contribution in [2.75, 3.05) is 24.6 Å². The predicted molar refractivity (Wildman–Crippen MR) is 94.2 cm³/mol. The van der Waals surface area contributed by atoms with Crippen molar-refractivity contribution < 1.29 is 10.2 Å². The molecule has 2 N–H and O–H groups in total. The topological polar surface area (TPSA) is 56.6 Å². The summed E-state index contributed by atoms with van der Waals surface area (Å²) >= 11 is 7.85. The molecule has 0 amide bonds. The third-order valence-electron chi connectivity index (χ3n) is 4.65. The monoisotopic (exact) mass is 352 g/mol. The van der Waals surface area contributed by atoms with Crippen LogP contribution in [0.4, 0.5) is 5.13 Å². The third kappa shape index (κ3) is 3.69. The normalized spacial score (nSPS) is 17.4. The summed E-state index contributed by atoms with van der Waals surface area (Å²) in [5.74, 6) is 0. The summed E-state index contributed by atoms with van der Waals surface area (Å²) in [6.07, 6.45) is 2.61. The van der Waals surface area contributed by atoms with E-state index in [0.29, 0.717) is 0 Å². The van der Waals surface area contributed by atoms with E-state index in [1.54, 1.807) is 11.3 Å². The van der Waals surface area contributed by atoms with Crippen LogP contribution in [0.5, 0.6) is 0 Å². The van der Waals surface area contributed by atoms with Gasteiger partial charge < -0.3 is 15.1 Å². The Bertz CT molecular complexity index is 654. The molecule has 0 atom stereocenters. The van der Waals surface area contributed by atoms with Gasteiger partial charge in [-0.25, -0.2) is 4.98 Å². The molecular weight excluding hydrogens is 332 g/mol. The molecule has 0 aliphatic carbocycles. The quantitative estimate of drug-likeness (QED) is 0.868. The highest BCUT2D eigenvalue weighted by Crippen LogP contribution is 2.38. The van der Waals surface area contributed by atoms with Crippen LogP contribution in [-0.4, -0.2) is 34.9 Å². The summed E-state index contributed by atoms with van der Waals surface area (Å²) < 4.78 is 0. The second kappa shape index (κ2) is 7.18. The Kier molecular flexibility index (Phi) is 5.21. The summed E-state index contributed by atoms with van der Waals surface area (Å²) in [6.45, 7) is 1.88. The van der Waals surface area contributed by atoms with Crippen LogP contribution < -0.4 is 4.90 Å². The second-order valence-corrected chi connectivity index (χ2v) is 7.44. The van der Waals surface area contributed by atoms with Crippen LogP contribution in [0.25, 0.3) is 0 Å². The number of piperidine rings is 1. The number of hydrogen-bond acceptors (Lipinski definition) is 5. The standard InChI is InChI=1S/C17H21ClN2O2S/c18-15-4-2-1-3-13(15)9-17(12-22)5-7-20(8-6-17)16-19-14(10-21)11-23-16/h1-4,11,21-22H,5-10,12H2. The molecule has 2 heterocycles. The minimum Gasteiger partial charge on any atom is -0.396 e. The molecule has 2 aromatic rings. The van der Waals surface area contributed by atoms with E-state index in [4.69, 9.17) is 16.7 Å². The maximum Gasteiger partial charge on any atom is 0.185 e. The van der Waals surface area contributed by atoms with Crippen molar-refractivity contribution in [2.45, 2.75) is 25.9 Å². The molecular formula is C17H21ClN2O2S. The zero-order valence-electron chi connectivity index (χ0n) is 12.9. The second-order valence-electron chi connectivity index (χ2n) is 6.19. The average molecular weight is 353 g/mol. The fraction of sp³-hybridized carbons (Fsp3) is 0.471. The number of nitrogens with zero attached hydrogens (tertiary/aromatic N) is 2. The van der Waals surface area contributed by atoms with Gasteiger partial charge in [-0.15, -0.1) is 11.3 Å². The molecule has 1 aliphatic rings. The van der Waals surface area contributed by atoms with Crippen LogP contribution >= 0.6 is 22.9 Å². The Hall–Kier alpha value is -1.14. The average Bonchev–Trinajstić information content (AvgIpc) is 3.07. The fourth-order valence-corrected chi connectivity index (χ4v) is 4.20. The van der Waals surface area contributed by atoms with E-state index >= 15 is 0 Å². The van der Waals surface area contributed by atoms with Crippen LogP contribution in [0.15, 0.2) is 29.6 Å². The number of aromatic nitrogens is 1. The molecule has 1 aromatic carbocycles. The molecule has 4 nitrogen and oxygen atoms in total. The maximum atomic E-state index is 9.99. The van der Waals surface area contributed by atoms with Crippen molar-refractivity contribution in [2.24, 2.45) is 5.41 Å². The lowest BCUT2D eigenvalue weighted by molar-refractivity contribution is 0.0963. The van der Waals surface area contributed by atoms with E-state index < -0.39 is 0 Å². The van der Waals surface area contributed by atoms with Gasteiger partial charge in [0, 0.05) is 35.5 Å².